The number of nitrogens with one attached hydrogen (secondary N) is 2. The Morgan fingerprint density at radius 1 is 1.24 bits per heavy atom. The van der Waals surface area contributed by atoms with Gasteiger partial charge in [-0.15, -0.1) is 4.40 Å². The first-order chi connectivity index (χ1) is 13.8. The van der Waals surface area contributed by atoms with E-state index in [9.17, 15) is 13.2 Å². The minimum Gasteiger partial charge on any atom is -0.255 e. The van der Waals surface area contributed by atoms with Crippen LogP contribution in [-0.4, -0.2) is 33.3 Å². The van der Waals surface area contributed by atoms with Crippen LogP contribution in [0, 0.1) is 0 Å². The third kappa shape index (κ3) is 4.82. The summed E-state index contributed by atoms with van der Waals surface area (Å²) in [6.45, 7) is 5.18. The molecule has 29 heavy (non-hydrogen) atoms. The van der Waals surface area contributed by atoms with E-state index in [2.05, 4.69) is 26.3 Å². The lowest BCUT2D eigenvalue weighted by atomic mass is 10.0. The summed E-state index contributed by atoms with van der Waals surface area (Å²) in [6.07, 6.45) is 4.83. The van der Waals surface area contributed by atoms with Crippen LogP contribution in [0.25, 0.3) is 5.57 Å². The van der Waals surface area contributed by atoms with E-state index in [1.54, 1.807) is 61.0 Å². The van der Waals surface area contributed by atoms with Crippen molar-refractivity contribution in [3.63, 3.8) is 0 Å². The first-order valence-corrected chi connectivity index (χ1v) is 10.0. The first kappa shape index (κ1) is 20.2. The molecule has 1 aromatic carbocycles. The van der Waals surface area contributed by atoms with E-state index in [-0.39, 0.29) is 17.3 Å². The number of benzene rings is 1. The molecule has 148 valence electrons. The minimum atomic E-state index is -4.00. The van der Waals surface area contributed by atoms with Crippen LogP contribution < -0.4 is 14.6 Å². The normalized spacial score (nSPS) is 15.2. The summed E-state index contributed by atoms with van der Waals surface area (Å²) in [5, 5.41) is 2.66. The van der Waals surface area contributed by atoms with Crippen molar-refractivity contribution in [2.24, 2.45) is 9.39 Å². The van der Waals surface area contributed by atoms with Gasteiger partial charge in [0.15, 0.2) is 0 Å². The van der Waals surface area contributed by atoms with Crippen LogP contribution in [0.5, 0.6) is 0 Å². The summed E-state index contributed by atoms with van der Waals surface area (Å²) in [6, 6.07) is 12.1. The average molecular weight is 410 g/mol. The Hall–Kier alpha value is -3.59. The van der Waals surface area contributed by atoms with Crippen LogP contribution in [0.1, 0.15) is 12.5 Å². The highest BCUT2D eigenvalue weighted by molar-refractivity contribution is 7.91. The fraction of sp³-hybridized carbons (Fsp3) is 0.100. The van der Waals surface area contributed by atoms with Gasteiger partial charge in [-0.25, -0.2) is 15.1 Å². The van der Waals surface area contributed by atoms with Crippen molar-refractivity contribution < 1.29 is 18.2 Å². The summed E-state index contributed by atoms with van der Waals surface area (Å²) in [5.41, 5.74) is 2.23. The Morgan fingerprint density at radius 2 is 1.97 bits per heavy atom. The lowest BCUT2D eigenvalue weighted by Gasteiger charge is -2.17. The lowest BCUT2D eigenvalue weighted by Crippen LogP contribution is -2.25. The molecule has 1 aliphatic heterocycles. The Morgan fingerprint density at radius 3 is 2.66 bits per heavy atom. The molecule has 2 heterocycles. The zero-order valence-corrected chi connectivity index (χ0v) is 16.8. The van der Waals surface area contributed by atoms with Crippen LogP contribution in [0.3, 0.4) is 0 Å². The standard InChI is InChI=1S/C20H19N5O3S/c1-14-19(24-29(27,28)25(3)18-7-5-4-6-8-18)11-17(13-22-14)16-9-10-21-20(12-16)23-15(2)26/h4-13H,1H2,2-3H3,(H,21,23,26)/p+1. The molecule has 0 fully saturated rings. The largest absolute Gasteiger partial charge is 0.345 e. The number of aromatic nitrogens is 1. The quantitative estimate of drug-likeness (QED) is 0.817. The summed E-state index contributed by atoms with van der Waals surface area (Å²) < 4.78 is 30.5. The molecule has 0 radical (unpaired) electrons. The number of dihydropyridines is 1. The molecule has 1 aliphatic rings. The molecule has 2 N–H and O–H groups in total. The van der Waals surface area contributed by atoms with Gasteiger partial charge >= 0.3 is 16.1 Å². The fourth-order valence-electron chi connectivity index (χ4n) is 2.58. The van der Waals surface area contributed by atoms with Crippen molar-refractivity contribution in [1.29, 1.82) is 0 Å². The van der Waals surface area contributed by atoms with E-state index in [1.165, 1.54) is 14.0 Å². The molecule has 0 aliphatic carbocycles. The van der Waals surface area contributed by atoms with E-state index in [0.717, 1.165) is 9.87 Å². The first-order valence-electron chi connectivity index (χ1n) is 8.65. The van der Waals surface area contributed by atoms with Crippen LogP contribution in [0.4, 0.5) is 11.5 Å². The number of aromatic amines is 1. The molecule has 9 heteroatoms. The molecule has 0 atom stereocenters. The molecule has 0 bridgehead atoms. The van der Waals surface area contributed by atoms with Crippen molar-refractivity contribution >= 4 is 45.1 Å². The van der Waals surface area contributed by atoms with Gasteiger partial charge in [-0.2, -0.15) is 8.42 Å². The second kappa shape index (κ2) is 8.19. The molecular weight excluding hydrogens is 390 g/mol. The molecule has 8 nitrogen and oxygen atoms in total. The SMILES string of the molecule is C=C1N=CC(c2cc[nH+]c(NC(C)=O)c2)=CC1=NS(=O)(=O)N(C)c1ccccc1. The van der Waals surface area contributed by atoms with Crippen LogP contribution in [0.15, 0.2) is 76.4 Å². The third-order valence-corrected chi connectivity index (χ3v) is 5.40. The van der Waals surface area contributed by atoms with Gasteiger partial charge in [-0.1, -0.05) is 24.8 Å². The number of aliphatic imine (C=N–C) groups is 1. The predicted octanol–water partition coefficient (Wildman–Crippen LogP) is 2.26. The van der Waals surface area contributed by atoms with Gasteiger partial charge in [-0.05, 0) is 29.8 Å². The highest BCUT2D eigenvalue weighted by Crippen LogP contribution is 2.22. The van der Waals surface area contributed by atoms with Crippen molar-refractivity contribution in [3.05, 3.63) is 72.6 Å². The van der Waals surface area contributed by atoms with Gasteiger partial charge in [0.25, 0.3) is 5.82 Å². The zero-order chi connectivity index (χ0) is 21.0. The number of carbonyl (C=O) groups excluding carboxylic acids is 1. The molecule has 3 rings (SSSR count). The molecular formula is C20H20N5O3S+. The number of para-hydroxylation sites is 1. The van der Waals surface area contributed by atoms with Crippen LogP contribution in [-0.2, 0) is 15.0 Å². The maximum Gasteiger partial charge on any atom is 0.345 e. The van der Waals surface area contributed by atoms with Crippen molar-refractivity contribution in [1.82, 2.24) is 0 Å². The molecule has 0 spiro atoms. The zero-order valence-electron chi connectivity index (χ0n) is 16.0. The maximum atomic E-state index is 12.7. The predicted molar refractivity (Wildman–Crippen MR) is 114 cm³/mol. The van der Waals surface area contributed by atoms with Gasteiger partial charge in [-0.3, -0.25) is 9.30 Å². The van der Waals surface area contributed by atoms with Gasteiger partial charge < -0.3 is 0 Å². The highest BCUT2D eigenvalue weighted by Gasteiger charge is 2.20. The number of nitrogens with zero attached hydrogens (tertiary/aromatic N) is 3. The molecule has 1 aromatic heterocycles. The van der Waals surface area contributed by atoms with Crippen molar-refractivity contribution in [2.75, 3.05) is 16.7 Å². The second-order valence-corrected chi connectivity index (χ2v) is 7.86. The Bertz CT molecular complexity index is 1150. The van der Waals surface area contributed by atoms with Crippen LogP contribution >= 0.6 is 0 Å². The summed E-state index contributed by atoms with van der Waals surface area (Å²) in [7, 11) is -2.57. The second-order valence-electron chi connectivity index (χ2n) is 6.23. The van der Waals surface area contributed by atoms with E-state index in [1.807, 2.05) is 0 Å². The third-order valence-electron chi connectivity index (χ3n) is 4.07. The number of anilines is 2. The number of allylic oxidation sites excluding steroid dienone is 2. The molecule has 0 saturated heterocycles. The molecule has 2 aromatic rings. The fourth-order valence-corrected chi connectivity index (χ4v) is 3.50. The summed E-state index contributed by atoms with van der Waals surface area (Å²) in [5.74, 6) is 0.291. The Labute approximate surface area is 169 Å². The van der Waals surface area contributed by atoms with Crippen LogP contribution in [0.2, 0.25) is 0 Å². The summed E-state index contributed by atoms with van der Waals surface area (Å²) in [4.78, 5) is 18.4. The van der Waals surface area contributed by atoms with Gasteiger partial charge in [0, 0.05) is 31.8 Å². The number of pyridine rings is 1. The van der Waals surface area contributed by atoms with E-state index < -0.39 is 10.2 Å². The highest BCUT2D eigenvalue weighted by atomic mass is 32.2. The average Bonchev–Trinajstić information content (AvgIpc) is 2.69. The monoisotopic (exact) mass is 410 g/mol. The summed E-state index contributed by atoms with van der Waals surface area (Å²) >= 11 is 0. The van der Waals surface area contributed by atoms with Crippen molar-refractivity contribution in [3.8, 4) is 0 Å². The van der Waals surface area contributed by atoms with Gasteiger partial charge in [0.2, 0.25) is 0 Å². The molecule has 0 unspecified atom stereocenters. The number of hydrogen-bond acceptors (Lipinski definition) is 4. The minimum absolute atomic E-state index is 0.138. The molecule has 1 amide bonds. The number of rotatable bonds is 5. The van der Waals surface area contributed by atoms with Gasteiger partial charge in [0.05, 0.1) is 17.6 Å². The number of carbonyl (C=O) groups is 1. The van der Waals surface area contributed by atoms with Crippen molar-refractivity contribution in [2.45, 2.75) is 6.92 Å². The number of hydrogen-bond donors (Lipinski definition) is 1. The van der Waals surface area contributed by atoms with Gasteiger partial charge in [0.1, 0.15) is 5.71 Å². The molecule has 0 saturated carbocycles. The smallest absolute Gasteiger partial charge is 0.255 e. The van der Waals surface area contributed by atoms with E-state index in [0.29, 0.717) is 17.1 Å². The number of H-pyrrole nitrogens is 1. The topological polar surface area (TPSA) is 105 Å². The lowest BCUT2D eigenvalue weighted by molar-refractivity contribution is -0.360. The Balaban J connectivity index is 1.95. The van der Waals surface area contributed by atoms with E-state index in [4.69, 9.17) is 0 Å². The Kier molecular flexibility index (Phi) is 5.69. The number of amides is 1. The van der Waals surface area contributed by atoms with E-state index >= 15 is 0 Å². The maximum absolute atomic E-state index is 12.7.